The Bertz CT molecular complexity index is 223. The average Bonchev–Trinajstić information content (AvgIpc) is 2.54. The molecular formula is C7H10N2OS2. The van der Waals surface area contributed by atoms with Crippen molar-refractivity contribution >= 4 is 35.3 Å². The van der Waals surface area contributed by atoms with E-state index in [4.69, 9.17) is 0 Å². The number of amidine groups is 1. The van der Waals surface area contributed by atoms with Gasteiger partial charge in [0.2, 0.25) is 5.91 Å². The second-order valence-electron chi connectivity index (χ2n) is 2.68. The van der Waals surface area contributed by atoms with Crippen molar-refractivity contribution in [2.75, 3.05) is 23.8 Å². The van der Waals surface area contributed by atoms with Crippen LogP contribution in [0.3, 0.4) is 0 Å². The molecule has 0 aromatic carbocycles. The van der Waals surface area contributed by atoms with Crippen molar-refractivity contribution in [3.05, 3.63) is 0 Å². The lowest BCUT2D eigenvalue weighted by Crippen LogP contribution is -2.35. The van der Waals surface area contributed by atoms with Crippen LogP contribution in [0.4, 0.5) is 0 Å². The van der Waals surface area contributed by atoms with Crippen LogP contribution in [0.25, 0.3) is 0 Å². The molecule has 1 fully saturated rings. The summed E-state index contributed by atoms with van der Waals surface area (Å²) in [5.74, 6) is 4.43. The molecule has 0 spiro atoms. The Labute approximate surface area is 79.8 Å². The minimum absolute atomic E-state index is 0.0428. The van der Waals surface area contributed by atoms with Crippen LogP contribution in [-0.2, 0) is 4.79 Å². The highest BCUT2D eigenvalue weighted by Gasteiger charge is 2.24. The molecule has 3 nitrogen and oxygen atoms in total. The Morgan fingerprint density at radius 2 is 2.42 bits per heavy atom. The van der Waals surface area contributed by atoms with Gasteiger partial charge in [-0.2, -0.15) is 11.8 Å². The van der Waals surface area contributed by atoms with Gasteiger partial charge in [-0.1, -0.05) is 0 Å². The summed E-state index contributed by atoms with van der Waals surface area (Å²) in [5, 5.41) is 3.23. The second-order valence-corrected chi connectivity index (χ2v) is 5.14. The third-order valence-electron chi connectivity index (χ3n) is 1.78. The van der Waals surface area contributed by atoms with Crippen molar-refractivity contribution in [3.8, 4) is 0 Å². The fourth-order valence-corrected chi connectivity index (χ4v) is 3.85. The number of aliphatic imine (C=N–C) groups is 1. The smallest absolute Gasteiger partial charge is 0.247 e. The van der Waals surface area contributed by atoms with E-state index in [1.54, 1.807) is 0 Å². The van der Waals surface area contributed by atoms with Crippen LogP contribution in [0.2, 0.25) is 0 Å². The van der Waals surface area contributed by atoms with Crippen molar-refractivity contribution < 1.29 is 4.79 Å². The molecule has 2 aliphatic heterocycles. The van der Waals surface area contributed by atoms with Gasteiger partial charge in [0.15, 0.2) is 0 Å². The topological polar surface area (TPSA) is 41.5 Å². The number of nitrogens with one attached hydrogen (secondary N) is 1. The molecule has 0 radical (unpaired) electrons. The predicted octanol–water partition coefficient (Wildman–Crippen LogP) is 0.363. The molecule has 1 atom stereocenters. The highest BCUT2D eigenvalue weighted by Crippen LogP contribution is 2.25. The molecule has 12 heavy (non-hydrogen) atoms. The minimum Gasteiger partial charge on any atom is -0.312 e. The Hall–Kier alpha value is -0.160. The van der Waals surface area contributed by atoms with Crippen LogP contribution >= 0.6 is 23.5 Å². The van der Waals surface area contributed by atoms with E-state index in [0.717, 1.165) is 11.6 Å². The third-order valence-corrected chi connectivity index (χ3v) is 4.54. The third kappa shape index (κ3) is 1.77. The van der Waals surface area contributed by atoms with Gasteiger partial charge in [0.25, 0.3) is 0 Å². The van der Waals surface area contributed by atoms with Gasteiger partial charge in [-0.3, -0.25) is 9.79 Å². The van der Waals surface area contributed by atoms with Crippen LogP contribution in [0.1, 0.15) is 0 Å². The molecule has 0 aliphatic carbocycles. The van der Waals surface area contributed by atoms with Gasteiger partial charge >= 0.3 is 0 Å². The van der Waals surface area contributed by atoms with Gasteiger partial charge in [-0.05, 0) is 0 Å². The standard InChI is InChI=1S/C7H10N2OS2/c10-6-3-8-7(9-6)5-4-11-1-2-12-5/h5H,1-4H2,(H,8,9,10). The van der Waals surface area contributed by atoms with Crippen LogP contribution in [0.15, 0.2) is 4.99 Å². The maximum Gasteiger partial charge on any atom is 0.247 e. The maximum absolute atomic E-state index is 10.9. The number of nitrogens with zero attached hydrogens (tertiary/aromatic N) is 1. The summed E-state index contributed by atoms with van der Waals surface area (Å²) in [6, 6.07) is 0. The van der Waals surface area contributed by atoms with Crippen molar-refractivity contribution in [1.29, 1.82) is 0 Å². The first-order chi connectivity index (χ1) is 5.86. The van der Waals surface area contributed by atoms with Crippen molar-refractivity contribution in [2.24, 2.45) is 4.99 Å². The highest BCUT2D eigenvalue weighted by molar-refractivity contribution is 8.07. The predicted molar refractivity (Wildman–Crippen MR) is 54.0 cm³/mol. The molecule has 1 amide bonds. The van der Waals surface area contributed by atoms with Crippen LogP contribution in [-0.4, -0.2) is 40.8 Å². The van der Waals surface area contributed by atoms with Crippen LogP contribution in [0.5, 0.6) is 0 Å². The van der Waals surface area contributed by atoms with Gasteiger partial charge in [-0.15, -0.1) is 11.8 Å². The quantitative estimate of drug-likeness (QED) is 0.667. The molecule has 0 aromatic rings. The molecular weight excluding hydrogens is 192 g/mol. The first-order valence-electron chi connectivity index (χ1n) is 3.90. The molecule has 5 heteroatoms. The minimum atomic E-state index is 0.0428. The van der Waals surface area contributed by atoms with E-state index in [2.05, 4.69) is 10.3 Å². The number of amides is 1. The van der Waals surface area contributed by atoms with Gasteiger partial charge in [0.05, 0.1) is 5.25 Å². The second kappa shape index (κ2) is 3.70. The lowest BCUT2D eigenvalue weighted by Gasteiger charge is -2.20. The van der Waals surface area contributed by atoms with Crippen molar-refractivity contribution in [1.82, 2.24) is 5.32 Å². The first kappa shape index (κ1) is 8.44. The van der Waals surface area contributed by atoms with Gasteiger partial charge in [0, 0.05) is 17.3 Å². The molecule has 0 bridgehead atoms. The number of thioether (sulfide) groups is 2. The van der Waals surface area contributed by atoms with Gasteiger partial charge in [-0.25, -0.2) is 0 Å². The Balaban J connectivity index is 1.95. The molecule has 2 aliphatic rings. The van der Waals surface area contributed by atoms with E-state index in [9.17, 15) is 4.79 Å². The van der Waals surface area contributed by atoms with E-state index in [-0.39, 0.29) is 5.91 Å². The summed E-state index contributed by atoms with van der Waals surface area (Å²) < 4.78 is 0. The molecule has 0 aromatic heterocycles. The average molecular weight is 202 g/mol. The molecule has 1 N–H and O–H groups in total. The maximum atomic E-state index is 10.9. The Morgan fingerprint density at radius 1 is 1.50 bits per heavy atom. The SMILES string of the molecule is O=C1CN=C(C2CSCCS2)N1. The monoisotopic (exact) mass is 202 g/mol. The largest absolute Gasteiger partial charge is 0.312 e. The normalized spacial score (nSPS) is 29.8. The lowest BCUT2D eigenvalue weighted by molar-refractivity contribution is -0.117. The molecule has 1 unspecified atom stereocenters. The number of rotatable bonds is 1. The number of hydrogen-bond donors (Lipinski definition) is 1. The van der Waals surface area contributed by atoms with Gasteiger partial charge < -0.3 is 5.32 Å². The molecule has 66 valence electrons. The number of hydrogen-bond acceptors (Lipinski definition) is 4. The first-order valence-corrected chi connectivity index (χ1v) is 6.10. The Kier molecular flexibility index (Phi) is 2.60. The van der Waals surface area contributed by atoms with E-state index in [1.165, 1.54) is 11.5 Å². The van der Waals surface area contributed by atoms with E-state index >= 15 is 0 Å². The summed E-state index contributed by atoms with van der Waals surface area (Å²) in [6.07, 6.45) is 0. The molecule has 0 saturated carbocycles. The van der Waals surface area contributed by atoms with Gasteiger partial charge in [0.1, 0.15) is 12.4 Å². The summed E-state index contributed by atoms with van der Waals surface area (Å²) in [4.78, 5) is 15.0. The number of carbonyl (C=O) groups excluding carboxylic acids is 1. The summed E-state index contributed by atoms with van der Waals surface area (Å²) in [5.41, 5.74) is 0. The molecule has 1 saturated heterocycles. The summed E-state index contributed by atoms with van der Waals surface area (Å²) in [6.45, 7) is 0.330. The molecule has 2 rings (SSSR count). The fraction of sp³-hybridized carbons (Fsp3) is 0.714. The zero-order chi connectivity index (χ0) is 8.39. The highest BCUT2D eigenvalue weighted by atomic mass is 32.2. The van der Waals surface area contributed by atoms with Crippen LogP contribution in [0, 0.1) is 0 Å². The summed E-state index contributed by atoms with van der Waals surface area (Å²) in [7, 11) is 0. The summed E-state index contributed by atoms with van der Waals surface area (Å²) >= 11 is 3.83. The van der Waals surface area contributed by atoms with E-state index in [1.807, 2.05) is 23.5 Å². The van der Waals surface area contributed by atoms with E-state index < -0.39 is 0 Å². The fourth-order valence-electron chi connectivity index (χ4n) is 1.21. The lowest BCUT2D eigenvalue weighted by atomic mass is 10.4. The zero-order valence-corrected chi connectivity index (χ0v) is 8.21. The zero-order valence-electron chi connectivity index (χ0n) is 6.58. The van der Waals surface area contributed by atoms with Crippen molar-refractivity contribution in [3.63, 3.8) is 0 Å². The van der Waals surface area contributed by atoms with E-state index in [0.29, 0.717) is 11.8 Å². The van der Waals surface area contributed by atoms with Crippen LogP contribution < -0.4 is 5.32 Å². The number of carbonyl (C=O) groups is 1. The molecule has 2 heterocycles. The van der Waals surface area contributed by atoms with Crippen molar-refractivity contribution in [2.45, 2.75) is 5.25 Å². The Morgan fingerprint density at radius 3 is 3.00 bits per heavy atom.